The van der Waals surface area contributed by atoms with Crippen LogP contribution in [0.25, 0.3) is 22.3 Å². The molecule has 6 aromatic rings. The van der Waals surface area contributed by atoms with Crippen LogP contribution in [0.5, 0.6) is 5.75 Å². The van der Waals surface area contributed by atoms with Gasteiger partial charge in [-0.1, -0.05) is 57.2 Å². The maximum Gasteiger partial charge on any atom is 0.472 e. The Hall–Kier alpha value is -5.77. The molecule has 3 fully saturated rings. The average molecular weight is 923 g/mol. The summed E-state index contributed by atoms with van der Waals surface area (Å²) in [5.41, 5.74) is -0.325. The normalized spacial score (nSPS) is 29.7. The number of aromatic nitrogens is 8. The van der Waals surface area contributed by atoms with Crippen LogP contribution in [-0.4, -0.2) is 99.1 Å². The van der Waals surface area contributed by atoms with Gasteiger partial charge in [0.25, 0.3) is 11.5 Å². The highest BCUT2D eigenvalue weighted by atomic mass is 31.2. The van der Waals surface area contributed by atoms with E-state index in [4.69, 9.17) is 27.6 Å². The molecule has 64 heavy (non-hydrogen) atoms. The number of carbonyl (C=O) groups is 2. The number of imidazole rings is 2. The Balaban J connectivity index is 1.05. The van der Waals surface area contributed by atoms with Crippen molar-refractivity contribution in [1.82, 2.24) is 39.0 Å². The fourth-order valence-electron chi connectivity index (χ4n) is 7.61. The molecule has 3 aliphatic rings. The molecule has 336 valence electrons. The molecule has 10 atom stereocenters. The van der Waals surface area contributed by atoms with Gasteiger partial charge in [-0.15, -0.1) is 0 Å². The minimum atomic E-state index is -5.12. The lowest BCUT2D eigenvalue weighted by Crippen LogP contribution is -2.32. The molecule has 0 spiro atoms. The second-order valence-corrected chi connectivity index (χ2v) is 19.1. The number of anilines is 2. The first kappa shape index (κ1) is 43.5. The number of H-pyrrole nitrogens is 1. The molecule has 3 saturated heterocycles. The van der Waals surface area contributed by atoms with E-state index in [1.165, 1.54) is 21.8 Å². The first-order valence-electron chi connectivity index (χ1n) is 20.1. The van der Waals surface area contributed by atoms with E-state index in [-0.39, 0.29) is 46.3 Å². The van der Waals surface area contributed by atoms with Crippen LogP contribution < -0.4 is 20.7 Å². The number of nitrogens with one attached hydrogen (secondary N) is 3. The molecular formula is C39H41FN10O12P2. The van der Waals surface area contributed by atoms with Crippen LogP contribution in [0, 0.1) is 11.8 Å². The summed E-state index contributed by atoms with van der Waals surface area (Å²) in [5.74, 6) is -2.06. The first-order chi connectivity index (χ1) is 30.7. The number of phosphoric acid groups is 1. The van der Waals surface area contributed by atoms with E-state index in [0.717, 1.165) is 6.33 Å². The van der Waals surface area contributed by atoms with Crippen LogP contribution in [0.3, 0.4) is 0 Å². The number of ether oxygens (including phenoxy) is 2. The number of fused-ring (bicyclic) bond motifs is 5. The maximum atomic E-state index is 16.8. The molecule has 25 heteroatoms. The monoisotopic (exact) mass is 922 g/mol. The van der Waals surface area contributed by atoms with Crippen molar-refractivity contribution in [3.63, 3.8) is 0 Å². The summed E-state index contributed by atoms with van der Waals surface area (Å²) in [4.78, 5) is 73.6. The lowest BCUT2D eigenvalue weighted by Gasteiger charge is -2.29. The predicted octanol–water partition coefficient (Wildman–Crippen LogP) is 5.14. The van der Waals surface area contributed by atoms with Crippen LogP contribution in [0.1, 0.15) is 50.0 Å². The zero-order chi connectivity index (χ0) is 44.9. The van der Waals surface area contributed by atoms with Gasteiger partial charge in [0.15, 0.2) is 46.8 Å². The third-order valence-corrected chi connectivity index (χ3v) is 13.8. The number of hydrogen-bond acceptors (Lipinski definition) is 16. The molecule has 2 amide bonds. The van der Waals surface area contributed by atoms with E-state index >= 15 is 8.96 Å². The fraction of sp³-hybridized carbons (Fsp3) is 0.385. The standard InChI is InChI=1S/C39H41FN10O12P2/c1-20(2)34(51)47-39-46-33-28(36(53)48-39)44-19-50(33)38-29-21(3)25(59-38)16-57-64(55,56)62-30-24(14-15-63(54,61-29)60-23-12-8-5-9-13-23)58-37(26(30)40)49-18-43-27-31(41-17-42-32(27)49)45-35(52)22-10-6-4-7-11-22/h4-13,17-21,24-26,29-30,37-38H,14-16H2,1-3H3,(H,55,56)(H,41,42,45,52)(H2,46,47,48,51,53). The SMILES string of the molecule is CC(C)C(=O)Nc1nc2c(ncn2C2OC3COP(=O)(O)OC4C(CCP(=O)(Oc5ccccc5)OC2C3C)OC(n2cnc3c(NC(=O)c5ccccc5)ncnc32)C4F)c(=O)[nH]1. The highest BCUT2D eigenvalue weighted by molar-refractivity contribution is 7.54. The Bertz CT molecular complexity index is 2870. The number of phosphoric ester groups is 1. The number of hydrogen-bond donors (Lipinski definition) is 4. The predicted molar refractivity (Wildman–Crippen MR) is 223 cm³/mol. The third kappa shape index (κ3) is 8.60. The Kier molecular flexibility index (Phi) is 11.8. The van der Waals surface area contributed by atoms with E-state index in [0.29, 0.717) is 5.56 Å². The van der Waals surface area contributed by atoms with E-state index in [1.54, 1.807) is 81.4 Å². The first-order valence-corrected chi connectivity index (χ1v) is 23.3. The molecule has 7 heterocycles. The average Bonchev–Trinajstić information content (AvgIpc) is 4.04. The second kappa shape index (κ2) is 17.3. The molecule has 0 aliphatic carbocycles. The number of carbonyl (C=O) groups excluding carboxylic acids is 2. The van der Waals surface area contributed by atoms with Crippen molar-refractivity contribution in [3.05, 3.63) is 95.6 Å². The molecule has 9 rings (SSSR count). The number of para-hydroxylation sites is 1. The zero-order valence-electron chi connectivity index (χ0n) is 34.2. The lowest BCUT2D eigenvalue weighted by molar-refractivity contribution is -0.118. The van der Waals surface area contributed by atoms with Gasteiger partial charge in [0.1, 0.15) is 24.3 Å². The van der Waals surface area contributed by atoms with Gasteiger partial charge < -0.3 is 24.2 Å². The largest absolute Gasteiger partial charge is 0.472 e. The summed E-state index contributed by atoms with van der Waals surface area (Å²) in [6.07, 6.45) is -7.53. The molecule has 4 aromatic heterocycles. The Labute approximate surface area is 362 Å². The second-order valence-electron chi connectivity index (χ2n) is 15.6. The summed E-state index contributed by atoms with van der Waals surface area (Å²) in [6.45, 7) is 4.38. The van der Waals surface area contributed by atoms with Crippen molar-refractivity contribution >= 4 is 61.3 Å². The molecule has 0 radical (unpaired) electrons. The van der Waals surface area contributed by atoms with Crippen LogP contribution >= 0.6 is 15.4 Å². The third-order valence-electron chi connectivity index (χ3n) is 11.0. The van der Waals surface area contributed by atoms with Gasteiger partial charge in [-0.3, -0.25) is 47.4 Å². The lowest BCUT2D eigenvalue weighted by atomic mass is 10.0. The molecule has 10 unspecified atom stereocenters. The number of aromatic amines is 1. The van der Waals surface area contributed by atoms with Crippen molar-refractivity contribution in [1.29, 1.82) is 0 Å². The molecule has 4 N–H and O–H groups in total. The number of halogens is 1. The number of amides is 2. The minimum absolute atomic E-state index is 0.0308. The van der Waals surface area contributed by atoms with Crippen molar-refractivity contribution < 1.29 is 55.6 Å². The molecule has 2 bridgehead atoms. The van der Waals surface area contributed by atoms with Crippen LogP contribution in [0.15, 0.2) is 84.4 Å². The molecule has 3 aliphatic heterocycles. The molecular weight excluding hydrogens is 881 g/mol. The maximum absolute atomic E-state index is 16.8. The number of alkyl halides is 1. The quantitative estimate of drug-likeness (QED) is 0.144. The van der Waals surface area contributed by atoms with E-state index in [2.05, 4.69) is 40.5 Å². The van der Waals surface area contributed by atoms with Gasteiger partial charge in [0.2, 0.25) is 11.9 Å². The van der Waals surface area contributed by atoms with E-state index < -0.39 is 100 Å². The number of rotatable bonds is 8. The van der Waals surface area contributed by atoms with Crippen LogP contribution in [0.4, 0.5) is 16.2 Å². The number of benzene rings is 2. The highest BCUT2D eigenvalue weighted by Crippen LogP contribution is 2.57. The number of nitrogens with zero attached hydrogens (tertiary/aromatic N) is 7. The highest BCUT2D eigenvalue weighted by Gasteiger charge is 2.54. The van der Waals surface area contributed by atoms with Gasteiger partial charge in [-0.2, -0.15) is 4.98 Å². The summed E-state index contributed by atoms with van der Waals surface area (Å²) in [7, 11) is -9.49. The Morgan fingerprint density at radius 2 is 1.58 bits per heavy atom. The van der Waals surface area contributed by atoms with Crippen molar-refractivity contribution in [3.8, 4) is 5.75 Å². The van der Waals surface area contributed by atoms with Gasteiger partial charge in [0.05, 0.1) is 37.6 Å². The zero-order valence-corrected chi connectivity index (χ0v) is 36.0. The Morgan fingerprint density at radius 3 is 2.31 bits per heavy atom. The van der Waals surface area contributed by atoms with E-state index in [9.17, 15) is 23.8 Å². The molecule has 0 saturated carbocycles. The van der Waals surface area contributed by atoms with E-state index in [1.807, 2.05) is 0 Å². The summed E-state index contributed by atoms with van der Waals surface area (Å²) in [6, 6.07) is 16.6. The smallest absolute Gasteiger partial charge is 0.424 e. The van der Waals surface area contributed by atoms with Gasteiger partial charge >= 0.3 is 15.4 Å². The van der Waals surface area contributed by atoms with Gasteiger partial charge in [-0.05, 0) is 30.7 Å². The van der Waals surface area contributed by atoms with Crippen LogP contribution in [-0.2, 0) is 37.0 Å². The van der Waals surface area contributed by atoms with Gasteiger partial charge in [0, 0.05) is 17.4 Å². The van der Waals surface area contributed by atoms with Crippen molar-refractivity contribution in [2.24, 2.45) is 11.8 Å². The molecule has 22 nitrogen and oxygen atoms in total. The van der Waals surface area contributed by atoms with Gasteiger partial charge in [-0.25, -0.2) is 33.5 Å². The summed E-state index contributed by atoms with van der Waals surface area (Å²) >= 11 is 0. The minimum Gasteiger partial charge on any atom is -0.424 e. The van der Waals surface area contributed by atoms with Crippen LogP contribution in [0.2, 0.25) is 0 Å². The molecule has 2 aromatic carbocycles. The fourth-order valence-corrected chi connectivity index (χ4v) is 10.5. The summed E-state index contributed by atoms with van der Waals surface area (Å²) in [5, 5.41) is 5.24. The van der Waals surface area contributed by atoms with Crippen molar-refractivity contribution in [2.75, 3.05) is 23.4 Å². The van der Waals surface area contributed by atoms with Crippen molar-refractivity contribution in [2.45, 2.75) is 70.2 Å². The Morgan fingerprint density at radius 1 is 0.891 bits per heavy atom. The summed E-state index contributed by atoms with van der Waals surface area (Å²) < 4.78 is 84.5. The topological polar surface area (TPSA) is 275 Å².